The maximum Gasteiger partial charge on any atom is 0.250 e. The van der Waals surface area contributed by atoms with E-state index in [-0.39, 0.29) is 0 Å². The molecular formula is C23H22N6OS. The fourth-order valence-corrected chi connectivity index (χ4v) is 4.72. The normalized spacial score (nSPS) is 13.5. The van der Waals surface area contributed by atoms with E-state index in [1.165, 1.54) is 17.1 Å². The van der Waals surface area contributed by atoms with E-state index in [0.717, 1.165) is 53.3 Å². The van der Waals surface area contributed by atoms with Crippen molar-refractivity contribution in [1.82, 2.24) is 19.7 Å². The smallest absolute Gasteiger partial charge is 0.250 e. The largest absolute Gasteiger partial charge is 0.366 e. The van der Waals surface area contributed by atoms with Crippen molar-refractivity contribution < 1.29 is 4.79 Å². The number of fused-ring (bicyclic) bond motifs is 2. The molecule has 1 aliphatic heterocycles. The summed E-state index contributed by atoms with van der Waals surface area (Å²) in [7, 11) is 0. The van der Waals surface area contributed by atoms with Crippen molar-refractivity contribution in [3.05, 3.63) is 70.9 Å². The van der Waals surface area contributed by atoms with Crippen molar-refractivity contribution in [1.29, 1.82) is 0 Å². The van der Waals surface area contributed by atoms with Crippen molar-refractivity contribution in [3.63, 3.8) is 0 Å². The van der Waals surface area contributed by atoms with Gasteiger partial charge in [-0.25, -0.2) is 9.97 Å². The number of carbonyl (C=O) groups excluding carboxylic acids is 1. The molecule has 1 aliphatic rings. The molecule has 0 atom stereocenters. The van der Waals surface area contributed by atoms with E-state index in [1.807, 2.05) is 30.3 Å². The Morgan fingerprint density at radius 3 is 2.74 bits per heavy atom. The third-order valence-corrected chi connectivity index (χ3v) is 6.32. The van der Waals surface area contributed by atoms with Gasteiger partial charge < -0.3 is 16.4 Å². The first-order chi connectivity index (χ1) is 15.2. The Balaban J connectivity index is 1.59. The second-order valence-electron chi connectivity index (χ2n) is 7.49. The molecule has 2 aromatic heterocycles. The summed E-state index contributed by atoms with van der Waals surface area (Å²) < 4.78 is 4.50. The number of benzene rings is 2. The Morgan fingerprint density at radius 1 is 1.06 bits per heavy atom. The average molecular weight is 431 g/mol. The highest BCUT2D eigenvalue weighted by Gasteiger charge is 2.21. The summed E-state index contributed by atoms with van der Waals surface area (Å²) in [4.78, 5) is 22.5. The molecule has 8 heteroatoms. The number of nitrogens with one attached hydrogen (secondary N) is 2. The molecule has 0 fully saturated rings. The van der Waals surface area contributed by atoms with Gasteiger partial charge in [-0.1, -0.05) is 42.5 Å². The van der Waals surface area contributed by atoms with Crippen LogP contribution >= 0.6 is 11.5 Å². The van der Waals surface area contributed by atoms with E-state index in [9.17, 15) is 4.79 Å². The predicted molar refractivity (Wildman–Crippen MR) is 123 cm³/mol. The van der Waals surface area contributed by atoms with Crippen molar-refractivity contribution in [2.45, 2.75) is 19.4 Å². The van der Waals surface area contributed by atoms with E-state index >= 15 is 0 Å². The van der Waals surface area contributed by atoms with Crippen LogP contribution in [0.2, 0.25) is 0 Å². The summed E-state index contributed by atoms with van der Waals surface area (Å²) in [5.74, 6) is 1.01. The van der Waals surface area contributed by atoms with Crippen LogP contribution in [0.4, 0.5) is 5.82 Å². The molecule has 0 saturated heterocycles. The van der Waals surface area contributed by atoms with Gasteiger partial charge in [-0.3, -0.25) is 4.79 Å². The minimum Gasteiger partial charge on any atom is -0.366 e. The third-order valence-electron chi connectivity index (χ3n) is 5.46. The molecule has 4 aromatic rings. The van der Waals surface area contributed by atoms with E-state index < -0.39 is 5.91 Å². The Bertz CT molecular complexity index is 1250. The lowest BCUT2D eigenvalue weighted by Crippen LogP contribution is -2.16. The number of nitrogens with zero attached hydrogens (tertiary/aromatic N) is 3. The highest BCUT2D eigenvalue weighted by atomic mass is 32.1. The van der Waals surface area contributed by atoms with Crippen molar-refractivity contribution in [2.24, 2.45) is 5.73 Å². The van der Waals surface area contributed by atoms with Crippen molar-refractivity contribution >= 4 is 34.2 Å². The second kappa shape index (κ2) is 8.41. The number of aromatic nitrogens is 3. The van der Waals surface area contributed by atoms with E-state index in [0.29, 0.717) is 23.4 Å². The first kappa shape index (κ1) is 19.6. The number of amides is 1. The van der Waals surface area contributed by atoms with Crippen LogP contribution in [-0.4, -0.2) is 33.3 Å². The van der Waals surface area contributed by atoms with Gasteiger partial charge in [-0.2, -0.15) is 4.37 Å². The fraction of sp³-hybridized carbons (Fsp3) is 0.217. The predicted octanol–water partition coefficient (Wildman–Crippen LogP) is 3.15. The fourth-order valence-electron chi connectivity index (χ4n) is 3.90. The second-order valence-corrected chi connectivity index (χ2v) is 8.26. The molecule has 3 heterocycles. The number of hydrogen-bond donors (Lipinski definition) is 3. The van der Waals surface area contributed by atoms with Crippen LogP contribution in [-0.2, 0) is 19.4 Å². The summed E-state index contributed by atoms with van der Waals surface area (Å²) in [5, 5.41) is 7.82. The Labute approximate surface area is 183 Å². The van der Waals surface area contributed by atoms with Gasteiger partial charge in [0.05, 0.1) is 16.8 Å². The summed E-state index contributed by atoms with van der Waals surface area (Å²) in [6.07, 6.45) is 1.72. The lowest BCUT2D eigenvalue weighted by atomic mass is 10.1. The molecular weight excluding hydrogens is 408 g/mol. The topological polar surface area (TPSA) is 106 Å². The maximum absolute atomic E-state index is 11.8. The summed E-state index contributed by atoms with van der Waals surface area (Å²) in [6, 6.07) is 15.7. The number of hydrogen-bond acceptors (Lipinski definition) is 7. The molecule has 0 spiro atoms. The first-order valence-corrected chi connectivity index (χ1v) is 11.0. The zero-order valence-electron chi connectivity index (χ0n) is 16.9. The summed E-state index contributed by atoms with van der Waals surface area (Å²) in [6.45, 7) is 2.48. The van der Waals surface area contributed by atoms with Gasteiger partial charge in [-0.05, 0) is 36.1 Å². The maximum atomic E-state index is 11.8. The highest BCUT2D eigenvalue weighted by molar-refractivity contribution is 7.11. The zero-order chi connectivity index (χ0) is 21.2. The minimum absolute atomic E-state index is 0.418. The molecule has 4 N–H and O–H groups in total. The number of nitrogens with two attached hydrogens (primary N) is 1. The zero-order valence-corrected chi connectivity index (χ0v) is 17.7. The molecule has 0 radical (unpaired) electrons. The van der Waals surface area contributed by atoms with Gasteiger partial charge in [0.1, 0.15) is 10.7 Å². The molecule has 2 aromatic carbocycles. The lowest BCUT2D eigenvalue weighted by molar-refractivity contribution is 0.100. The molecule has 0 saturated carbocycles. The number of anilines is 1. The number of rotatable bonds is 5. The van der Waals surface area contributed by atoms with Crippen LogP contribution in [0.15, 0.2) is 48.5 Å². The molecule has 156 valence electrons. The Kier molecular flexibility index (Phi) is 5.31. The standard InChI is InChI=1S/C23H22N6OS/c24-21(30)17-8-4-7-16-19(17)29-31-20(16)23-27-18-10-12-25-11-9-15(18)22(28-23)26-13-14-5-2-1-3-6-14/h1-8,25H,9-13H2,(H2,24,30)(H,26,27,28). The summed E-state index contributed by atoms with van der Waals surface area (Å²) in [5.41, 5.74) is 9.97. The van der Waals surface area contributed by atoms with Gasteiger partial charge in [0.15, 0.2) is 5.82 Å². The molecule has 1 amide bonds. The minimum atomic E-state index is -0.485. The van der Waals surface area contributed by atoms with E-state index in [2.05, 4.69) is 27.1 Å². The molecule has 0 unspecified atom stereocenters. The monoisotopic (exact) mass is 430 g/mol. The Morgan fingerprint density at radius 2 is 1.90 bits per heavy atom. The summed E-state index contributed by atoms with van der Waals surface area (Å²) >= 11 is 1.30. The van der Waals surface area contributed by atoms with E-state index in [1.54, 1.807) is 6.07 Å². The van der Waals surface area contributed by atoms with Crippen molar-refractivity contribution in [2.75, 3.05) is 18.4 Å². The van der Waals surface area contributed by atoms with Crippen LogP contribution in [0.1, 0.15) is 27.2 Å². The quantitative estimate of drug-likeness (QED) is 0.449. The molecule has 0 bridgehead atoms. The van der Waals surface area contributed by atoms with Gasteiger partial charge in [0, 0.05) is 30.5 Å². The average Bonchev–Trinajstić information content (AvgIpc) is 3.08. The van der Waals surface area contributed by atoms with Crippen molar-refractivity contribution in [3.8, 4) is 10.7 Å². The van der Waals surface area contributed by atoms with Crippen LogP contribution in [0.25, 0.3) is 21.6 Å². The number of primary amides is 1. The molecule has 7 nitrogen and oxygen atoms in total. The first-order valence-electron chi connectivity index (χ1n) is 10.3. The van der Waals surface area contributed by atoms with Crippen LogP contribution in [0, 0.1) is 0 Å². The highest BCUT2D eigenvalue weighted by Crippen LogP contribution is 2.34. The van der Waals surface area contributed by atoms with Gasteiger partial charge >= 0.3 is 0 Å². The third kappa shape index (κ3) is 3.87. The molecule has 5 rings (SSSR count). The van der Waals surface area contributed by atoms with Crippen LogP contribution in [0.3, 0.4) is 0 Å². The molecule has 31 heavy (non-hydrogen) atoms. The van der Waals surface area contributed by atoms with Gasteiger partial charge in [0.25, 0.3) is 5.91 Å². The Hall–Kier alpha value is -3.36. The van der Waals surface area contributed by atoms with Gasteiger partial charge in [0.2, 0.25) is 0 Å². The van der Waals surface area contributed by atoms with Crippen LogP contribution < -0.4 is 16.4 Å². The molecule has 0 aliphatic carbocycles. The van der Waals surface area contributed by atoms with Gasteiger partial charge in [-0.15, -0.1) is 0 Å². The van der Waals surface area contributed by atoms with E-state index in [4.69, 9.17) is 15.7 Å². The number of carbonyl (C=O) groups is 1. The lowest BCUT2D eigenvalue weighted by Gasteiger charge is -2.14. The SMILES string of the molecule is NC(=O)c1cccc2c(-c3nc4c(c(NCc5ccccc5)n3)CCNCC4)snc12. The van der Waals surface area contributed by atoms with Crippen LogP contribution in [0.5, 0.6) is 0 Å².